The monoisotopic (exact) mass is 370 g/mol. The molecule has 2 N–H and O–H groups in total. The van der Waals surface area contributed by atoms with E-state index in [1.807, 2.05) is 24.3 Å². The molecular formula is C19H16ClFN4O. The zero-order valence-corrected chi connectivity index (χ0v) is 14.7. The molecule has 0 spiro atoms. The summed E-state index contributed by atoms with van der Waals surface area (Å²) in [4.78, 5) is 20.8. The number of carbonyl (C=O) groups excluding carboxylic acids is 1. The average Bonchev–Trinajstić information content (AvgIpc) is 2.61. The van der Waals surface area contributed by atoms with Gasteiger partial charge < -0.3 is 10.6 Å². The third-order valence-corrected chi connectivity index (χ3v) is 3.79. The van der Waals surface area contributed by atoms with E-state index >= 15 is 0 Å². The molecule has 5 nitrogen and oxygen atoms in total. The number of nitrogens with zero attached hydrogens (tertiary/aromatic N) is 2. The van der Waals surface area contributed by atoms with Crippen LogP contribution < -0.4 is 10.6 Å². The highest BCUT2D eigenvalue weighted by atomic mass is 35.5. The maximum absolute atomic E-state index is 13.2. The molecule has 3 aromatic rings. The summed E-state index contributed by atoms with van der Waals surface area (Å²) in [6.07, 6.45) is 0. The van der Waals surface area contributed by atoms with Crippen molar-refractivity contribution in [2.45, 2.75) is 13.5 Å². The molecule has 0 atom stereocenters. The van der Waals surface area contributed by atoms with Gasteiger partial charge in [0, 0.05) is 23.3 Å². The lowest BCUT2D eigenvalue weighted by atomic mass is 10.2. The van der Waals surface area contributed by atoms with Gasteiger partial charge in [0.2, 0.25) is 0 Å². The van der Waals surface area contributed by atoms with E-state index in [1.54, 1.807) is 19.1 Å². The van der Waals surface area contributed by atoms with Crippen LogP contribution in [0.3, 0.4) is 0 Å². The molecule has 2 aromatic carbocycles. The molecule has 3 rings (SSSR count). The lowest BCUT2D eigenvalue weighted by Gasteiger charge is -2.09. The van der Waals surface area contributed by atoms with E-state index in [9.17, 15) is 9.18 Å². The van der Waals surface area contributed by atoms with E-state index in [-0.39, 0.29) is 5.69 Å². The Bertz CT molecular complexity index is 931. The third kappa shape index (κ3) is 4.77. The average molecular weight is 371 g/mol. The van der Waals surface area contributed by atoms with Crippen LogP contribution in [0, 0.1) is 12.7 Å². The number of halogens is 2. The Kier molecular flexibility index (Phi) is 5.43. The number of amides is 1. The minimum atomic E-state index is -0.435. The summed E-state index contributed by atoms with van der Waals surface area (Å²) >= 11 is 5.87. The highest BCUT2D eigenvalue weighted by Gasteiger charge is 2.11. The molecule has 0 saturated heterocycles. The Labute approximate surface area is 155 Å². The van der Waals surface area contributed by atoms with E-state index in [2.05, 4.69) is 20.6 Å². The topological polar surface area (TPSA) is 66.9 Å². The van der Waals surface area contributed by atoms with Crippen LogP contribution in [0.25, 0.3) is 0 Å². The second-order valence-corrected chi connectivity index (χ2v) is 6.07. The van der Waals surface area contributed by atoms with E-state index in [1.165, 1.54) is 18.2 Å². The highest BCUT2D eigenvalue weighted by molar-refractivity contribution is 6.30. The van der Waals surface area contributed by atoms with Gasteiger partial charge in [0.05, 0.1) is 0 Å². The van der Waals surface area contributed by atoms with E-state index in [0.717, 1.165) is 5.56 Å². The van der Waals surface area contributed by atoms with E-state index in [4.69, 9.17) is 11.6 Å². The summed E-state index contributed by atoms with van der Waals surface area (Å²) in [6, 6.07) is 14.7. The Morgan fingerprint density at radius 3 is 2.62 bits per heavy atom. The van der Waals surface area contributed by atoms with Crippen molar-refractivity contribution in [3.05, 3.63) is 82.5 Å². The van der Waals surface area contributed by atoms with Crippen LogP contribution in [-0.4, -0.2) is 15.9 Å². The zero-order valence-electron chi connectivity index (χ0n) is 14.0. The van der Waals surface area contributed by atoms with Crippen LogP contribution in [0.4, 0.5) is 15.9 Å². The second-order valence-electron chi connectivity index (χ2n) is 5.63. The minimum absolute atomic E-state index is 0.195. The smallest absolute Gasteiger partial charge is 0.274 e. The quantitative estimate of drug-likeness (QED) is 0.696. The van der Waals surface area contributed by atoms with Crippen LogP contribution in [0.5, 0.6) is 0 Å². The largest absolute Gasteiger partial charge is 0.366 e. The number of benzene rings is 2. The van der Waals surface area contributed by atoms with Gasteiger partial charge in [-0.3, -0.25) is 4.79 Å². The zero-order chi connectivity index (χ0) is 18.5. The van der Waals surface area contributed by atoms with Crippen LogP contribution in [-0.2, 0) is 6.54 Å². The van der Waals surface area contributed by atoms with Crippen LogP contribution in [0.2, 0.25) is 5.02 Å². The highest BCUT2D eigenvalue weighted by Crippen LogP contribution is 2.14. The summed E-state index contributed by atoms with van der Waals surface area (Å²) in [6.45, 7) is 2.23. The molecule has 0 bridgehead atoms. The fourth-order valence-corrected chi connectivity index (χ4v) is 2.46. The molecule has 1 amide bonds. The van der Waals surface area contributed by atoms with Crippen molar-refractivity contribution < 1.29 is 9.18 Å². The van der Waals surface area contributed by atoms with Gasteiger partial charge in [-0.05, 0) is 42.8 Å². The van der Waals surface area contributed by atoms with Gasteiger partial charge in [-0.1, -0.05) is 29.8 Å². The molecule has 0 aliphatic heterocycles. The Balaban J connectivity index is 1.72. The van der Waals surface area contributed by atoms with Gasteiger partial charge in [-0.25, -0.2) is 14.4 Å². The molecule has 0 aliphatic rings. The predicted molar refractivity (Wildman–Crippen MR) is 99.9 cm³/mol. The first kappa shape index (κ1) is 17.8. The first-order valence-electron chi connectivity index (χ1n) is 7.90. The number of aryl methyl sites for hydroxylation is 1. The van der Waals surface area contributed by atoms with Crippen molar-refractivity contribution in [2.75, 3.05) is 10.6 Å². The van der Waals surface area contributed by atoms with Gasteiger partial charge in [-0.2, -0.15) is 0 Å². The number of carbonyl (C=O) groups is 1. The standard InChI is InChI=1S/C19H16ClFN4O/c1-12-23-17(19(26)25-16-4-2-3-15(21)9-16)10-18(24-12)22-11-13-5-7-14(20)8-6-13/h2-10H,11H2,1H3,(H,25,26)(H,22,23,24). The molecule has 0 fully saturated rings. The lowest BCUT2D eigenvalue weighted by molar-refractivity contribution is 0.102. The fraction of sp³-hybridized carbons (Fsp3) is 0.105. The van der Waals surface area contributed by atoms with Crippen molar-refractivity contribution in [3.63, 3.8) is 0 Å². The van der Waals surface area contributed by atoms with Crippen LogP contribution in [0.15, 0.2) is 54.6 Å². The molecule has 7 heteroatoms. The third-order valence-electron chi connectivity index (χ3n) is 3.54. The van der Waals surface area contributed by atoms with Crippen molar-refractivity contribution in [1.82, 2.24) is 9.97 Å². The molecule has 1 aromatic heterocycles. The van der Waals surface area contributed by atoms with E-state index in [0.29, 0.717) is 28.9 Å². The first-order valence-corrected chi connectivity index (χ1v) is 8.28. The maximum Gasteiger partial charge on any atom is 0.274 e. The maximum atomic E-state index is 13.2. The van der Waals surface area contributed by atoms with Crippen molar-refractivity contribution in [1.29, 1.82) is 0 Å². The summed E-state index contributed by atoms with van der Waals surface area (Å²) in [5.74, 6) is 0.120. The SMILES string of the molecule is Cc1nc(NCc2ccc(Cl)cc2)cc(C(=O)Nc2cccc(F)c2)n1. The summed E-state index contributed by atoms with van der Waals surface area (Å²) in [7, 11) is 0. The molecule has 0 aliphatic carbocycles. The van der Waals surface area contributed by atoms with Gasteiger partial charge in [0.1, 0.15) is 23.2 Å². The normalized spacial score (nSPS) is 10.4. The van der Waals surface area contributed by atoms with Crippen LogP contribution >= 0.6 is 11.6 Å². The minimum Gasteiger partial charge on any atom is -0.366 e. The molecule has 1 heterocycles. The number of aromatic nitrogens is 2. The second kappa shape index (κ2) is 7.93. The van der Waals surface area contributed by atoms with E-state index < -0.39 is 11.7 Å². The molecule has 132 valence electrons. The molecule has 26 heavy (non-hydrogen) atoms. The Morgan fingerprint density at radius 2 is 1.88 bits per heavy atom. The number of nitrogens with one attached hydrogen (secondary N) is 2. The van der Waals surface area contributed by atoms with Gasteiger partial charge in [0.25, 0.3) is 5.91 Å². The number of hydrogen-bond donors (Lipinski definition) is 2. The first-order chi connectivity index (χ1) is 12.5. The van der Waals surface area contributed by atoms with Crippen molar-refractivity contribution in [3.8, 4) is 0 Å². The summed E-state index contributed by atoms with van der Waals surface area (Å²) < 4.78 is 13.2. The fourth-order valence-electron chi connectivity index (χ4n) is 2.33. The van der Waals surface area contributed by atoms with Gasteiger partial charge in [-0.15, -0.1) is 0 Å². The number of rotatable bonds is 5. The molecule has 0 radical (unpaired) electrons. The summed E-state index contributed by atoms with van der Waals surface area (Å²) in [5.41, 5.74) is 1.58. The Morgan fingerprint density at radius 1 is 1.12 bits per heavy atom. The molecule has 0 saturated carbocycles. The predicted octanol–water partition coefficient (Wildman–Crippen LogP) is 4.44. The number of hydrogen-bond acceptors (Lipinski definition) is 4. The van der Waals surface area contributed by atoms with Gasteiger partial charge in [0.15, 0.2) is 0 Å². The lowest BCUT2D eigenvalue weighted by Crippen LogP contribution is -2.16. The molecular weight excluding hydrogens is 355 g/mol. The van der Waals surface area contributed by atoms with Crippen molar-refractivity contribution >= 4 is 29.0 Å². The number of anilines is 2. The van der Waals surface area contributed by atoms with Gasteiger partial charge >= 0.3 is 0 Å². The summed E-state index contributed by atoms with van der Waals surface area (Å²) in [5, 5.41) is 6.45. The Hall–Kier alpha value is -2.99. The van der Waals surface area contributed by atoms with Crippen LogP contribution in [0.1, 0.15) is 21.9 Å². The van der Waals surface area contributed by atoms with Crippen molar-refractivity contribution in [2.24, 2.45) is 0 Å². The molecule has 0 unspecified atom stereocenters.